The minimum Gasteiger partial charge on any atom is -0.379 e. The molecule has 0 aromatic carbocycles. The number of hydrogen-bond donors (Lipinski definition) is 1. The lowest BCUT2D eigenvalue weighted by Gasteiger charge is -2.32. The van der Waals surface area contributed by atoms with Gasteiger partial charge in [0.1, 0.15) is 0 Å². The molecule has 2 fully saturated rings. The largest absolute Gasteiger partial charge is 0.379 e. The highest BCUT2D eigenvalue weighted by molar-refractivity contribution is 7.86. The second-order valence-corrected chi connectivity index (χ2v) is 5.69. The number of rotatable bonds is 2. The van der Waals surface area contributed by atoms with E-state index in [1.807, 2.05) is 0 Å². The zero-order valence-corrected chi connectivity index (χ0v) is 9.90. The van der Waals surface area contributed by atoms with Gasteiger partial charge in [-0.25, -0.2) is 0 Å². The smallest absolute Gasteiger partial charge is 0.283 e. The van der Waals surface area contributed by atoms with Crippen LogP contribution in [-0.2, 0) is 24.5 Å². The molecule has 2 heterocycles. The molecule has 0 spiro atoms. The maximum absolute atomic E-state index is 12.1. The zero-order valence-electron chi connectivity index (χ0n) is 9.09. The maximum atomic E-state index is 12.1. The van der Waals surface area contributed by atoms with E-state index in [0.29, 0.717) is 13.2 Å². The normalized spacial score (nSPS) is 24.7. The average Bonchev–Trinajstić information content (AvgIpc) is 2.29. The summed E-state index contributed by atoms with van der Waals surface area (Å²) in [6, 6.07) is 0. The summed E-state index contributed by atoms with van der Waals surface area (Å²) in [6.45, 7) is 0.514. The molecule has 1 N–H and O–H groups in total. The van der Waals surface area contributed by atoms with Gasteiger partial charge < -0.3 is 4.74 Å². The summed E-state index contributed by atoms with van der Waals surface area (Å²) in [5.41, 5.74) is 0. The molecule has 2 rings (SSSR count). The molecule has 0 aromatic rings. The molecule has 9 heteroatoms. The molecular weight excluding hydrogens is 250 g/mol. The first kappa shape index (κ1) is 12.4. The summed E-state index contributed by atoms with van der Waals surface area (Å²) >= 11 is 0. The van der Waals surface area contributed by atoms with Crippen LogP contribution in [0.25, 0.3) is 0 Å². The molecule has 2 saturated heterocycles. The van der Waals surface area contributed by atoms with Crippen molar-refractivity contribution < 1.29 is 22.7 Å². The van der Waals surface area contributed by atoms with Gasteiger partial charge in [-0.2, -0.15) is 17.0 Å². The number of nitrogens with zero attached hydrogens (tertiary/aromatic N) is 2. The predicted octanol–water partition coefficient (Wildman–Crippen LogP) is -2.48. The van der Waals surface area contributed by atoms with Crippen molar-refractivity contribution in [1.82, 2.24) is 13.9 Å². The average molecular weight is 263 g/mol. The Hall–Kier alpha value is -1.03. The van der Waals surface area contributed by atoms with E-state index >= 15 is 0 Å². The molecule has 2 aliphatic heterocycles. The molecule has 0 bridgehead atoms. The molecule has 0 aliphatic carbocycles. The number of carbonyl (C=O) groups is 2. The summed E-state index contributed by atoms with van der Waals surface area (Å²) < 4.78 is 31.4. The van der Waals surface area contributed by atoms with Crippen LogP contribution in [0.5, 0.6) is 0 Å². The van der Waals surface area contributed by atoms with Gasteiger partial charge in [0.2, 0.25) is 11.8 Å². The van der Waals surface area contributed by atoms with Gasteiger partial charge in [0.25, 0.3) is 10.2 Å². The summed E-state index contributed by atoms with van der Waals surface area (Å²) in [5.74, 6) is -1.20. The standard InChI is InChI=1S/C8H13N3O5S/c12-7-5-11(6-8(13)9-7)17(14,15)10-1-3-16-4-2-10/h1-6H2,(H,9,12,13). The molecule has 0 saturated carbocycles. The predicted molar refractivity (Wildman–Crippen MR) is 56.0 cm³/mol. The van der Waals surface area contributed by atoms with Crippen LogP contribution in [0.1, 0.15) is 0 Å². The second-order valence-electron chi connectivity index (χ2n) is 3.76. The van der Waals surface area contributed by atoms with Crippen molar-refractivity contribution in [3.63, 3.8) is 0 Å². The summed E-state index contributed by atoms with van der Waals surface area (Å²) in [4.78, 5) is 22.3. The number of ether oxygens (including phenoxy) is 1. The number of piperazine rings is 1. The first-order valence-electron chi connectivity index (χ1n) is 5.16. The molecule has 0 unspecified atom stereocenters. The lowest BCUT2D eigenvalue weighted by Crippen LogP contribution is -2.57. The van der Waals surface area contributed by atoms with Crippen LogP contribution >= 0.6 is 0 Å². The lowest BCUT2D eigenvalue weighted by molar-refractivity contribution is -0.134. The van der Waals surface area contributed by atoms with Crippen molar-refractivity contribution >= 4 is 22.0 Å². The van der Waals surface area contributed by atoms with Crippen molar-refractivity contribution in [2.24, 2.45) is 0 Å². The van der Waals surface area contributed by atoms with E-state index in [0.717, 1.165) is 4.31 Å². The van der Waals surface area contributed by atoms with Crippen LogP contribution in [0, 0.1) is 0 Å². The number of imide groups is 1. The first-order chi connectivity index (χ1) is 8.00. The van der Waals surface area contributed by atoms with Gasteiger partial charge in [-0.15, -0.1) is 0 Å². The molecule has 8 nitrogen and oxygen atoms in total. The van der Waals surface area contributed by atoms with Crippen molar-refractivity contribution in [3.05, 3.63) is 0 Å². The van der Waals surface area contributed by atoms with Crippen LogP contribution in [0.2, 0.25) is 0 Å². The summed E-state index contributed by atoms with van der Waals surface area (Å²) in [6.07, 6.45) is 0. The molecule has 0 radical (unpaired) electrons. The third-order valence-electron chi connectivity index (χ3n) is 2.54. The summed E-state index contributed by atoms with van der Waals surface area (Å²) in [7, 11) is -3.75. The fourth-order valence-corrected chi connectivity index (χ4v) is 3.21. The highest BCUT2D eigenvalue weighted by atomic mass is 32.2. The van der Waals surface area contributed by atoms with Crippen LogP contribution in [0.3, 0.4) is 0 Å². The molecule has 2 aliphatic rings. The number of amides is 2. The maximum Gasteiger partial charge on any atom is 0.283 e. The fraction of sp³-hybridized carbons (Fsp3) is 0.750. The number of hydrogen-bond acceptors (Lipinski definition) is 5. The van der Waals surface area contributed by atoms with E-state index in [2.05, 4.69) is 5.32 Å². The van der Waals surface area contributed by atoms with Gasteiger partial charge in [-0.05, 0) is 0 Å². The molecule has 2 amide bonds. The van der Waals surface area contributed by atoms with E-state index in [4.69, 9.17) is 4.74 Å². The van der Waals surface area contributed by atoms with Gasteiger partial charge >= 0.3 is 0 Å². The van der Waals surface area contributed by atoms with E-state index in [1.54, 1.807) is 0 Å². The Morgan fingerprint density at radius 2 is 1.53 bits per heavy atom. The molecule has 0 atom stereocenters. The second kappa shape index (κ2) is 4.69. The lowest BCUT2D eigenvalue weighted by atomic mass is 10.4. The van der Waals surface area contributed by atoms with Crippen LogP contribution in [0.15, 0.2) is 0 Å². The summed E-state index contributed by atoms with van der Waals surface area (Å²) in [5, 5.41) is 2.06. The van der Waals surface area contributed by atoms with E-state index in [-0.39, 0.29) is 26.2 Å². The van der Waals surface area contributed by atoms with Gasteiger partial charge in [-0.3, -0.25) is 14.9 Å². The minimum atomic E-state index is -3.75. The van der Waals surface area contributed by atoms with E-state index < -0.39 is 22.0 Å². The zero-order chi connectivity index (χ0) is 12.5. The van der Waals surface area contributed by atoms with Gasteiger partial charge in [0, 0.05) is 13.1 Å². The Labute approximate surface area is 98.7 Å². The van der Waals surface area contributed by atoms with Gasteiger partial charge in [-0.1, -0.05) is 0 Å². The van der Waals surface area contributed by atoms with Gasteiger partial charge in [0.05, 0.1) is 26.3 Å². The molecular formula is C8H13N3O5S. The Morgan fingerprint density at radius 1 is 1.00 bits per heavy atom. The number of morpholine rings is 1. The SMILES string of the molecule is O=C1CN(S(=O)(=O)N2CCOCC2)CC(=O)N1. The quantitative estimate of drug-likeness (QED) is 0.557. The van der Waals surface area contributed by atoms with E-state index in [1.165, 1.54) is 4.31 Å². The highest BCUT2D eigenvalue weighted by Crippen LogP contribution is 2.12. The Bertz CT molecular complexity index is 412. The molecule has 0 aromatic heterocycles. The molecule has 96 valence electrons. The number of carbonyl (C=O) groups excluding carboxylic acids is 2. The van der Waals surface area contributed by atoms with Crippen molar-refractivity contribution in [1.29, 1.82) is 0 Å². The van der Waals surface area contributed by atoms with Crippen molar-refractivity contribution in [2.45, 2.75) is 0 Å². The topological polar surface area (TPSA) is 96.0 Å². The number of nitrogens with one attached hydrogen (secondary N) is 1. The first-order valence-corrected chi connectivity index (χ1v) is 6.55. The third kappa shape index (κ3) is 2.63. The Kier molecular flexibility index (Phi) is 3.43. The Balaban J connectivity index is 2.13. The van der Waals surface area contributed by atoms with Gasteiger partial charge in [0.15, 0.2) is 0 Å². The monoisotopic (exact) mass is 263 g/mol. The van der Waals surface area contributed by atoms with Crippen LogP contribution < -0.4 is 5.32 Å². The van der Waals surface area contributed by atoms with Crippen molar-refractivity contribution in [2.75, 3.05) is 39.4 Å². The third-order valence-corrected chi connectivity index (χ3v) is 4.47. The fourth-order valence-electron chi connectivity index (χ4n) is 1.71. The minimum absolute atomic E-state index is 0.245. The van der Waals surface area contributed by atoms with Crippen LogP contribution in [0.4, 0.5) is 0 Å². The Morgan fingerprint density at radius 3 is 2.06 bits per heavy atom. The van der Waals surface area contributed by atoms with E-state index in [9.17, 15) is 18.0 Å². The molecule has 17 heavy (non-hydrogen) atoms. The van der Waals surface area contributed by atoms with Crippen molar-refractivity contribution in [3.8, 4) is 0 Å². The highest BCUT2D eigenvalue weighted by Gasteiger charge is 2.36. The van der Waals surface area contributed by atoms with Crippen LogP contribution in [-0.4, -0.2) is 68.2 Å².